The van der Waals surface area contributed by atoms with Gasteiger partial charge in [0.05, 0.1) is 13.1 Å². The first-order valence-corrected chi connectivity index (χ1v) is 18.9. The van der Waals surface area contributed by atoms with Crippen molar-refractivity contribution in [3.8, 4) is 10.4 Å². The summed E-state index contributed by atoms with van der Waals surface area (Å²) in [7, 11) is -1.46. The van der Waals surface area contributed by atoms with Gasteiger partial charge in [-0.3, -0.25) is 9.97 Å². The van der Waals surface area contributed by atoms with Crippen LogP contribution in [0.5, 0.6) is 0 Å². The molecule has 0 bridgehead atoms. The molecule has 0 aromatic carbocycles. The topological polar surface area (TPSA) is 143 Å². The Hall–Kier alpha value is -3.30. The van der Waals surface area contributed by atoms with Crippen molar-refractivity contribution in [2.45, 2.75) is 105 Å². The van der Waals surface area contributed by atoms with Crippen LogP contribution in [0.4, 0.5) is 9.59 Å². The van der Waals surface area contributed by atoms with Crippen LogP contribution in [0, 0.1) is 0 Å². The number of rotatable bonds is 10. The van der Waals surface area contributed by atoms with Crippen molar-refractivity contribution in [1.82, 2.24) is 20.6 Å². The van der Waals surface area contributed by atoms with E-state index in [1.807, 2.05) is 57.7 Å². The third-order valence-corrected chi connectivity index (χ3v) is 9.24. The molecular formula is C36H50BBrN4O6S2. The van der Waals surface area contributed by atoms with Gasteiger partial charge in [0.15, 0.2) is 0 Å². The zero-order chi connectivity index (χ0) is 37.3. The van der Waals surface area contributed by atoms with E-state index in [1.165, 1.54) is 39.3 Å². The lowest BCUT2D eigenvalue weighted by Crippen LogP contribution is -2.32. The van der Waals surface area contributed by atoms with Crippen molar-refractivity contribution < 1.29 is 29.1 Å². The van der Waals surface area contributed by atoms with Gasteiger partial charge < -0.3 is 30.2 Å². The summed E-state index contributed by atoms with van der Waals surface area (Å²) in [6.45, 7) is 16.1. The molecule has 4 heterocycles. The standard InChI is InChI=1S/C18H24N2O2S.C10H16BNO4S.C8H10BrN/c1-5-6-13-9-10-19-12-15(13)16-8-7-14(23-16)11-20-17(21)22-18(2,3)4;1-10(2,3)16-9(13)12-6-7-4-5-8(17-7)11(14)15;1-2-3-7-4-5-10-6-8(7)9/h7-10,12H,5-6,11H2,1-4H3,(H,20,21);4-5,14-15H,6H2,1-3H3,(H,12,13);4-6H,2-3H2,1H3. The molecule has 0 saturated heterocycles. The Morgan fingerprint density at radius 1 is 0.760 bits per heavy atom. The molecule has 0 aliphatic heterocycles. The number of nitrogens with zero attached hydrogens (tertiary/aromatic N) is 2. The molecule has 0 aliphatic carbocycles. The predicted molar refractivity (Wildman–Crippen MR) is 208 cm³/mol. The third kappa shape index (κ3) is 17.1. The zero-order valence-corrected chi connectivity index (χ0v) is 33.4. The zero-order valence-electron chi connectivity index (χ0n) is 30.2. The fourth-order valence-electron chi connectivity index (χ4n) is 4.20. The van der Waals surface area contributed by atoms with E-state index in [9.17, 15) is 9.59 Å². The van der Waals surface area contributed by atoms with E-state index in [4.69, 9.17) is 19.5 Å². The molecule has 4 aromatic heterocycles. The Labute approximate surface area is 313 Å². The largest absolute Gasteiger partial charge is 0.499 e. The fraction of sp³-hybridized carbons (Fsp3) is 0.444. The highest BCUT2D eigenvalue weighted by atomic mass is 79.9. The van der Waals surface area contributed by atoms with Gasteiger partial charge in [-0.2, -0.15) is 0 Å². The molecule has 14 heteroatoms. The summed E-state index contributed by atoms with van der Waals surface area (Å²) in [5.74, 6) is 0. The van der Waals surface area contributed by atoms with Crippen molar-refractivity contribution in [1.29, 1.82) is 0 Å². The molecule has 0 fully saturated rings. The van der Waals surface area contributed by atoms with Gasteiger partial charge in [-0.25, -0.2) is 9.59 Å². The molecule has 10 nitrogen and oxygen atoms in total. The van der Waals surface area contributed by atoms with Gasteiger partial charge in [0.2, 0.25) is 0 Å². The third-order valence-electron chi connectivity index (χ3n) is 6.28. The highest BCUT2D eigenvalue weighted by Crippen LogP contribution is 2.31. The maximum Gasteiger partial charge on any atom is 0.499 e. The van der Waals surface area contributed by atoms with Crippen molar-refractivity contribution >= 4 is 62.7 Å². The molecule has 0 aliphatic rings. The van der Waals surface area contributed by atoms with Crippen molar-refractivity contribution in [2.24, 2.45) is 0 Å². The van der Waals surface area contributed by atoms with Crippen LogP contribution in [0.3, 0.4) is 0 Å². The molecule has 4 N–H and O–H groups in total. The monoisotopic (exact) mass is 788 g/mol. The fourth-order valence-corrected chi connectivity index (χ4v) is 6.47. The second-order valence-corrected chi connectivity index (χ2v) is 16.4. The van der Waals surface area contributed by atoms with Gasteiger partial charge in [-0.1, -0.05) is 32.8 Å². The van der Waals surface area contributed by atoms with Crippen LogP contribution in [0.2, 0.25) is 0 Å². The van der Waals surface area contributed by atoms with E-state index in [1.54, 1.807) is 44.2 Å². The maximum atomic E-state index is 11.7. The number of aryl methyl sites for hydroxylation is 2. The van der Waals surface area contributed by atoms with Gasteiger partial charge in [-0.05, 0) is 112 Å². The lowest BCUT2D eigenvalue weighted by molar-refractivity contribution is 0.0512. The van der Waals surface area contributed by atoms with E-state index in [0.29, 0.717) is 17.9 Å². The average molecular weight is 790 g/mol. The smallest absolute Gasteiger partial charge is 0.444 e. The van der Waals surface area contributed by atoms with Crippen LogP contribution in [-0.4, -0.2) is 50.5 Å². The molecular weight excluding hydrogens is 739 g/mol. The van der Waals surface area contributed by atoms with Crippen LogP contribution in [0.25, 0.3) is 10.4 Å². The van der Waals surface area contributed by atoms with Gasteiger partial charge in [0, 0.05) is 54.2 Å². The number of carbonyl (C=O) groups is 2. The van der Waals surface area contributed by atoms with Crippen LogP contribution in [0.1, 0.15) is 89.1 Å². The summed E-state index contributed by atoms with van der Waals surface area (Å²) in [4.78, 5) is 34.4. The summed E-state index contributed by atoms with van der Waals surface area (Å²) in [6.07, 6.45) is 11.0. The highest BCUT2D eigenvalue weighted by Gasteiger charge is 2.18. The Bertz CT molecular complexity index is 1620. The number of hydrogen-bond acceptors (Lipinski definition) is 10. The number of halogens is 1. The van der Waals surface area contributed by atoms with Crippen LogP contribution < -0.4 is 15.4 Å². The summed E-state index contributed by atoms with van der Waals surface area (Å²) < 4.78 is 11.9. The van der Waals surface area contributed by atoms with Crippen LogP contribution in [-0.2, 0) is 35.4 Å². The van der Waals surface area contributed by atoms with Crippen molar-refractivity contribution in [3.63, 3.8) is 0 Å². The normalized spacial score (nSPS) is 10.9. The molecule has 4 rings (SSSR count). The highest BCUT2D eigenvalue weighted by molar-refractivity contribution is 9.10. The molecule has 0 saturated carbocycles. The van der Waals surface area contributed by atoms with E-state index < -0.39 is 24.4 Å². The summed E-state index contributed by atoms with van der Waals surface area (Å²) >= 11 is 6.34. The van der Waals surface area contributed by atoms with Gasteiger partial charge >= 0.3 is 19.3 Å². The summed E-state index contributed by atoms with van der Waals surface area (Å²) in [5.41, 5.74) is 2.85. The summed E-state index contributed by atoms with van der Waals surface area (Å²) in [6, 6.07) is 11.6. The second-order valence-electron chi connectivity index (χ2n) is 13.2. The van der Waals surface area contributed by atoms with E-state index in [-0.39, 0.29) is 6.09 Å². The first kappa shape index (κ1) is 42.9. The molecule has 0 unspecified atom stereocenters. The number of aromatic nitrogens is 2. The van der Waals surface area contributed by atoms with E-state index in [2.05, 4.69) is 62.5 Å². The Balaban J connectivity index is 0.000000281. The van der Waals surface area contributed by atoms with E-state index in [0.717, 1.165) is 33.5 Å². The molecule has 0 spiro atoms. The first-order chi connectivity index (χ1) is 23.5. The van der Waals surface area contributed by atoms with Gasteiger partial charge in [0.1, 0.15) is 11.2 Å². The number of ether oxygens (including phenoxy) is 2. The molecule has 4 aromatic rings. The number of hydrogen-bond donors (Lipinski definition) is 4. The van der Waals surface area contributed by atoms with Crippen LogP contribution in [0.15, 0.2) is 65.7 Å². The number of pyridine rings is 2. The number of carbonyl (C=O) groups excluding carboxylic acids is 2. The molecule has 2 amide bonds. The molecule has 272 valence electrons. The van der Waals surface area contributed by atoms with Crippen molar-refractivity contribution in [3.05, 3.63) is 86.5 Å². The van der Waals surface area contributed by atoms with Crippen LogP contribution >= 0.6 is 38.6 Å². The minimum Gasteiger partial charge on any atom is -0.444 e. The predicted octanol–water partition coefficient (Wildman–Crippen LogP) is 8.04. The molecule has 0 atom stereocenters. The second kappa shape index (κ2) is 21.2. The van der Waals surface area contributed by atoms with Gasteiger partial charge in [0.25, 0.3) is 0 Å². The lowest BCUT2D eigenvalue weighted by Gasteiger charge is -2.19. The number of nitrogens with one attached hydrogen (secondary N) is 2. The Morgan fingerprint density at radius 3 is 1.76 bits per heavy atom. The Kier molecular flexibility index (Phi) is 18.1. The number of amides is 2. The van der Waals surface area contributed by atoms with Crippen molar-refractivity contribution in [2.75, 3.05) is 0 Å². The quantitative estimate of drug-likeness (QED) is 0.118. The van der Waals surface area contributed by atoms with Gasteiger partial charge in [-0.15, -0.1) is 22.7 Å². The SMILES string of the molecule is CC(C)(C)OC(=O)NCc1ccc(B(O)O)s1.CCCc1ccncc1-c1ccc(CNC(=O)OC(C)(C)C)s1.CCCc1ccncc1Br. The minimum atomic E-state index is -1.46. The maximum absolute atomic E-state index is 11.7. The van der Waals surface area contributed by atoms with E-state index >= 15 is 0 Å². The first-order valence-electron chi connectivity index (χ1n) is 16.5. The lowest BCUT2D eigenvalue weighted by atomic mass is 9.90. The Morgan fingerprint density at radius 2 is 1.26 bits per heavy atom. The molecule has 50 heavy (non-hydrogen) atoms. The minimum absolute atomic E-state index is 0.312. The molecule has 0 radical (unpaired) electrons. The number of thiophene rings is 2. The summed E-state index contributed by atoms with van der Waals surface area (Å²) in [5, 5.41) is 23.2. The average Bonchev–Trinajstić information content (AvgIpc) is 3.70. The number of alkyl carbamates (subject to hydrolysis) is 2.